The van der Waals surface area contributed by atoms with Gasteiger partial charge in [-0.15, -0.1) is 0 Å². The number of imidazole rings is 1. The average Bonchev–Trinajstić information content (AvgIpc) is 3.19. The maximum atomic E-state index is 13.2. The third kappa shape index (κ3) is 3.02. The Labute approximate surface area is 154 Å². The highest BCUT2D eigenvalue weighted by molar-refractivity contribution is 7.21. The van der Waals surface area contributed by atoms with Gasteiger partial charge in [0.2, 0.25) is 0 Å². The van der Waals surface area contributed by atoms with Crippen molar-refractivity contribution >= 4 is 38.5 Å². The average molecular weight is 370 g/mol. The first kappa shape index (κ1) is 16.9. The molecule has 0 unspecified atom stereocenters. The Morgan fingerprint density at radius 2 is 1.92 bits per heavy atom. The van der Waals surface area contributed by atoms with Crippen LogP contribution in [0.5, 0.6) is 0 Å². The summed E-state index contributed by atoms with van der Waals surface area (Å²) in [5.41, 5.74) is 3.47. The van der Waals surface area contributed by atoms with Gasteiger partial charge in [0.15, 0.2) is 5.82 Å². The molecule has 0 radical (unpaired) electrons. The van der Waals surface area contributed by atoms with Crippen LogP contribution in [0, 0.1) is 5.82 Å². The summed E-state index contributed by atoms with van der Waals surface area (Å²) in [7, 11) is 6.02. The molecule has 26 heavy (non-hydrogen) atoms. The van der Waals surface area contributed by atoms with Crippen LogP contribution >= 0.6 is 11.3 Å². The first-order chi connectivity index (χ1) is 12.5. The Bertz CT molecular complexity index is 1070. The molecule has 0 atom stereocenters. The molecule has 3 heterocycles. The number of thiazole rings is 1. The molecule has 4 rings (SSSR count). The van der Waals surface area contributed by atoms with Gasteiger partial charge in [-0.3, -0.25) is 0 Å². The molecule has 0 bridgehead atoms. The summed E-state index contributed by atoms with van der Waals surface area (Å²) in [6, 6.07) is 6.37. The van der Waals surface area contributed by atoms with Gasteiger partial charge in [-0.2, -0.15) is 0 Å². The number of hydrogen-bond donors (Lipinski definition) is 1. The number of nitrogens with one attached hydrogen (secondary N) is 1. The lowest BCUT2D eigenvalue weighted by Gasteiger charge is -2.11. The minimum atomic E-state index is -0.255. The molecule has 1 aromatic carbocycles. The lowest BCUT2D eigenvalue weighted by Crippen LogP contribution is -2.21. The van der Waals surface area contributed by atoms with Gasteiger partial charge in [-0.25, -0.2) is 19.3 Å². The molecule has 0 aliphatic rings. The molecule has 6 nitrogen and oxygen atoms in total. The van der Waals surface area contributed by atoms with Crippen molar-refractivity contribution in [3.63, 3.8) is 0 Å². The number of pyridine rings is 1. The number of fused-ring (bicyclic) bond motifs is 3. The van der Waals surface area contributed by atoms with E-state index in [-0.39, 0.29) is 5.82 Å². The van der Waals surface area contributed by atoms with Gasteiger partial charge in [-0.05, 0) is 38.4 Å². The van der Waals surface area contributed by atoms with E-state index in [1.165, 1.54) is 23.5 Å². The topological polar surface area (TPSA) is 58.9 Å². The molecular formula is C18H19FN6S. The normalized spacial score (nSPS) is 11.7. The molecule has 1 N–H and O–H groups in total. The summed E-state index contributed by atoms with van der Waals surface area (Å²) in [4.78, 5) is 17.0. The van der Waals surface area contributed by atoms with Crippen LogP contribution in [0.4, 0.5) is 10.2 Å². The Morgan fingerprint density at radius 1 is 1.15 bits per heavy atom. The molecule has 0 aliphatic carbocycles. The maximum Gasteiger partial charge on any atom is 0.156 e. The second-order valence-corrected chi connectivity index (χ2v) is 7.40. The first-order valence-electron chi connectivity index (χ1n) is 8.29. The molecule has 134 valence electrons. The van der Waals surface area contributed by atoms with Crippen LogP contribution in [0.25, 0.3) is 32.0 Å². The fourth-order valence-corrected chi connectivity index (χ4v) is 3.77. The second-order valence-electron chi connectivity index (χ2n) is 6.42. The van der Waals surface area contributed by atoms with Crippen molar-refractivity contribution in [2.24, 2.45) is 7.05 Å². The first-order valence-corrected chi connectivity index (χ1v) is 9.10. The SMILES string of the molecule is CN(C)CCNc1nc2sc(-c3ccc(F)cc3)nc2c2c1ncn2C. The van der Waals surface area contributed by atoms with E-state index in [2.05, 4.69) is 15.2 Å². The Balaban J connectivity index is 1.82. The number of nitrogens with zero attached hydrogens (tertiary/aromatic N) is 5. The van der Waals surface area contributed by atoms with E-state index in [4.69, 9.17) is 9.97 Å². The zero-order valence-electron chi connectivity index (χ0n) is 14.8. The predicted octanol–water partition coefficient (Wildman–Crippen LogP) is 3.36. The number of hydrogen-bond acceptors (Lipinski definition) is 6. The molecule has 0 amide bonds. The lowest BCUT2D eigenvalue weighted by atomic mass is 10.2. The highest BCUT2D eigenvalue weighted by Gasteiger charge is 2.17. The molecule has 0 saturated carbocycles. The second kappa shape index (κ2) is 6.62. The Kier molecular flexibility index (Phi) is 4.29. The quantitative estimate of drug-likeness (QED) is 0.584. The standard InChI is InChI=1S/C18H19FN6S/c1-24(2)9-8-20-16-13-15(25(3)10-21-13)14-18(23-16)26-17(22-14)11-4-6-12(19)7-5-11/h4-7,10H,8-9H2,1-3H3,(H,20,23). The fraction of sp³-hybridized carbons (Fsp3) is 0.278. The summed E-state index contributed by atoms with van der Waals surface area (Å²) in [6.45, 7) is 1.68. The number of rotatable bonds is 5. The number of halogens is 1. The summed E-state index contributed by atoms with van der Waals surface area (Å²) in [5.74, 6) is 0.513. The number of aromatic nitrogens is 4. The van der Waals surface area contributed by atoms with Gasteiger partial charge in [-0.1, -0.05) is 11.3 Å². The molecule has 4 aromatic rings. The zero-order chi connectivity index (χ0) is 18.3. The largest absolute Gasteiger partial charge is 0.367 e. The van der Waals surface area contributed by atoms with Crippen LogP contribution in [0.1, 0.15) is 0 Å². The van der Waals surface area contributed by atoms with Crippen molar-refractivity contribution in [2.75, 3.05) is 32.5 Å². The van der Waals surface area contributed by atoms with Crippen molar-refractivity contribution < 1.29 is 4.39 Å². The zero-order valence-corrected chi connectivity index (χ0v) is 15.6. The van der Waals surface area contributed by atoms with Crippen LogP contribution in [0.15, 0.2) is 30.6 Å². The van der Waals surface area contributed by atoms with Gasteiger partial charge in [0, 0.05) is 25.7 Å². The van der Waals surface area contributed by atoms with Crippen molar-refractivity contribution in [2.45, 2.75) is 0 Å². The molecule has 3 aromatic heterocycles. The van der Waals surface area contributed by atoms with E-state index in [1.54, 1.807) is 18.5 Å². The van der Waals surface area contributed by atoms with Gasteiger partial charge >= 0.3 is 0 Å². The van der Waals surface area contributed by atoms with E-state index in [0.717, 1.165) is 50.9 Å². The predicted molar refractivity (Wildman–Crippen MR) is 104 cm³/mol. The van der Waals surface area contributed by atoms with Gasteiger partial charge < -0.3 is 14.8 Å². The van der Waals surface area contributed by atoms with Gasteiger partial charge in [0.25, 0.3) is 0 Å². The van der Waals surface area contributed by atoms with Crippen LogP contribution in [0.2, 0.25) is 0 Å². The Morgan fingerprint density at radius 3 is 2.65 bits per heavy atom. The summed E-state index contributed by atoms with van der Waals surface area (Å²) < 4.78 is 15.2. The number of aryl methyl sites for hydroxylation is 1. The van der Waals surface area contributed by atoms with Crippen LogP contribution < -0.4 is 5.32 Å². The van der Waals surface area contributed by atoms with Gasteiger partial charge in [0.05, 0.1) is 6.33 Å². The van der Waals surface area contributed by atoms with Crippen molar-refractivity contribution in [3.8, 4) is 10.6 Å². The smallest absolute Gasteiger partial charge is 0.156 e. The van der Waals surface area contributed by atoms with Crippen molar-refractivity contribution in [3.05, 3.63) is 36.4 Å². The fourth-order valence-electron chi connectivity index (χ4n) is 2.82. The van der Waals surface area contributed by atoms with Crippen molar-refractivity contribution in [1.82, 2.24) is 24.4 Å². The highest BCUT2D eigenvalue weighted by atomic mass is 32.1. The molecule has 0 aliphatic heterocycles. The van der Waals surface area contributed by atoms with Gasteiger partial charge in [0.1, 0.15) is 32.2 Å². The number of benzene rings is 1. The van der Waals surface area contributed by atoms with E-state index < -0.39 is 0 Å². The third-order valence-corrected chi connectivity index (χ3v) is 5.15. The molecule has 0 spiro atoms. The minimum Gasteiger partial charge on any atom is -0.367 e. The molecular weight excluding hydrogens is 351 g/mol. The monoisotopic (exact) mass is 370 g/mol. The van der Waals surface area contributed by atoms with Crippen LogP contribution in [-0.2, 0) is 7.05 Å². The van der Waals surface area contributed by atoms with E-state index in [9.17, 15) is 4.39 Å². The lowest BCUT2D eigenvalue weighted by molar-refractivity contribution is 0.425. The highest BCUT2D eigenvalue weighted by Crippen LogP contribution is 2.35. The minimum absolute atomic E-state index is 0.255. The van der Waals surface area contributed by atoms with E-state index in [0.29, 0.717) is 0 Å². The molecule has 8 heteroatoms. The molecule has 0 saturated heterocycles. The summed E-state index contributed by atoms with van der Waals surface area (Å²) in [5, 5.41) is 4.20. The molecule has 0 fully saturated rings. The van der Waals surface area contributed by atoms with E-state index in [1.807, 2.05) is 25.7 Å². The van der Waals surface area contributed by atoms with Crippen molar-refractivity contribution in [1.29, 1.82) is 0 Å². The summed E-state index contributed by atoms with van der Waals surface area (Å²) in [6.07, 6.45) is 1.78. The Hall–Kier alpha value is -2.58. The van der Waals surface area contributed by atoms with E-state index >= 15 is 0 Å². The number of anilines is 1. The van der Waals surface area contributed by atoms with Crippen LogP contribution in [0.3, 0.4) is 0 Å². The summed E-state index contributed by atoms with van der Waals surface area (Å²) >= 11 is 1.50. The van der Waals surface area contributed by atoms with Crippen LogP contribution in [-0.4, -0.2) is 51.6 Å². The third-order valence-electron chi connectivity index (χ3n) is 4.15. The maximum absolute atomic E-state index is 13.2. The number of likely N-dealkylation sites (N-methyl/N-ethyl adjacent to an activating group) is 1.